The van der Waals surface area contributed by atoms with Crippen LogP contribution in [0.3, 0.4) is 0 Å². The largest absolute Gasteiger partial charge is 0.481 e. The lowest BCUT2D eigenvalue weighted by atomic mass is 9.85. The summed E-state index contributed by atoms with van der Waals surface area (Å²) < 4.78 is 41.1. The summed E-state index contributed by atoms with van der Waals surface area (Å²) in [6.07, 6.45) is -1.31. The molecule has 2 atom stereocenters. The zero-order chi connectivity index (χ0) is 41.3. The van der Waals surface area contributed by atoms with Gasteiger partial charge in [-0.2, -0.15) is 0 Å². The number of hydrogen-bond donors (Lipinski definition) is 1. The smallest absolute Gasteiger partial charge is 0.305 e. The number of carbonyl (C=O) groups is 1. The molecule has 0 saturated carbocycles. The van der Waals surface area contributed by atoms with E-state index in [2.05, 4.69) is 46.5 Å². The molecule has 1 N–H and O–H groups in total. The van der Waals surface area contributed by atoms with Gasteiger partial charge in [-0.25, -0.2) is 4.39 Å². The minimum Gasteiger partial charge on any atom is -0.481 e. The molecule has 0 aliphatic heterocycles. The normalized spacial score (nSPS) is 12.7. The molecule has 6 nitrogen and oxygen atoms in total. The van der Waals surface area contributed by atoms with Crippen molar-refractivity contribution in [3.05, 3.63) is 163 Å². The number of nitrogens with zero attached hydrogens (tertiary/aromatic N) is 1. The van der Waals surface area contributed by atoms with Crippen LogP contribution in [0.2, 0.25) is 5.04 Å². The van der Waals surface area contributed by atoms with Gasteiger partial charge in [0.2, 0.25) is 0 Å². The Morgan fingerprint density at radius 1 is 0.759 bits per heavy atom. The highest BCUT2D eigenvalue weighted by molar-refractivity contribution is 7.39. The van der Waals surface area contributed by atoms with Gasteiger partial charge in [-0.05, 0) is 44.6 Å². The molecular formula is C49H49FNO5PSi. The molecule has 0 bridgehead atoms. The van der Waals surface area contributed by atoms with Gasteiger partial charge in [-0.3, -0.25) is 14.3 Å². The Labute approximate surface area is 343 Å². The second-order valence-corrected chi connectivity index (χ2v) is 21.2. The molecule has 2 unspecified atom stereocenters. The maximum atomic E-state index is 14.4. The number of carboxylic acids is 1. The lowest BCUT2D eigenvalue weighted by Gasteiger charge is -2.45. The molecule has 0 radical (unpaired) electrons. The van der Waals surface area contributed by atoms with E-state index in [0.29, 0.717) is 5.56 Å². The molecule has 5 aromatic carbocycles. The molecule has 296 valence electrons. The van der Waals surface area contributed by atoms with Gasteiger partial charge in [-0.1, -0.05) is 180 Å². The van der Waals surface area contributed by atoms with E-state index in [9.17, 15) is 18.9 Å². The molecule has 0 aliphatic rings. The first-order chi connectivity index (χ1) is 27.9. The van der Waals surface area contributed by atoms with Crippen molar-refractivity contribution < 1.29 is 27.8 Å². The van der Waals surface area contributed by atoms with Crippen molar-refractivity contribution in [3.63, 3.8) is 0 Å². The Morgan fingerprint density at radius 2 is 1.26 bits per heavy atom. The number of pyridine rings is 1. The number of carboxylic acid groups (broad SMARTS) is 1. The van der Waals surface area contributed by atoms with Gasteiger partial charge >= 0.3 is 5.97 Å². The second kappa shape index (κ2) is 18.9. The van der Waals surface area contributed by atoms with E-state index in [-0.39, 0.29) is 30.9 Å². The summed E-state index contributed by atoms with van der Waals surface area (Å²) in [5.74, 6) is 5.02. The molecule has 58 heavy (non-hydrogen) atoms. The van der Waals surface area contributed by atoms with Crippen molar-refractivity contribution in [1.82, 2.24) is 4.98 Å². The number of aliphatic carboxylic acids is 1. The number of aromatic nitrogens is 1. The Balaban J connectivity index is 1.37. The van der Waals surface area contributed by atoms with E-state index in [4.69, 9.17) is 13.9 Å². The SMILES string of the molecule is CC(C)c1nc(-c2ccccc2)c(-c2ccccc2)c(-c2ccc(F)cc2)c1C#CCO[PH](=O)CC(CC(=O)O)O[Si](c1ccccc1)(c1ccccc1)C(C)(C)C. The van der Waals surface area contributed by atoms with Crippen LogP contribution in [-0.2, 0) is 18.3 Å². The average molecular weight is 810 g/mol. The zero-order valence-corrected chi connectivity index (χ0v) is 35.5. The lowest BCUT2D eigenvalue weighted by Crippen LogP contribution is -2.68. The van der Waals surface area contributed by atoms with E-state index in [1.165, 1.54) is 12.1 Å². The van der Waals surface area contributed by atoms with Crippen LogP contribution in [0.1, 0.15) is 58.2 Å². The summed E-state index contributed by atoms with van der Waals surface area (Å²) in [4.78, 5) is 17.5. The predicted octanol–water partition coefficient (Wildman–Crippen LogP) is 10.6. The molecule has 1 aromatic heterocycles. The highest BCUT2D eigenvalue weighted by atomic mass is 31.1. The van der Waals surface area contributed by atoms with E-state index >= 15 is 0 Å². The quantitative estimate of drug-likeness (QED) is 0.0670. The highest BCUT2D eigenvalue weighted by Crippen LogP contribution is 2.44. The first-order valence-electron chi connectivity index (χ1n) is 19.5. The van der Waals surface area contributed by atoms with Crippen LogP contribution in [0, 0.1) is 17.7 Å². The highest BCUT2D eigenvalue weighted by Gasteiger charge is 2.51. The van der Waals surface area contributed by atoms with Crippen molar-refractivity contribution in [2.45, 2.75) is 58.1 Å². The summed E-state index contributed by atoms with van der Waals surface area (Å²) in [7, 11) is -5.98. The van der Waals surface area contributed by atoms with Gasteiger partial charge in [0.05, 0.1) is 29.5 Å². The van der Waals surface area contributed by atoms with Gasteiger partial charge in [0.1, 0.15) is 12.4 Å². The van der Waals surface area contributed by atoms with Crippen LogP contribution in [0.25, 0.3) is 33.5 Å². The Kier molecular flexibility index (Phi) is 13.7. The molecule has 0 fully saturated rings. The molecule has 0 aliphatic carbocycles. The van der Waals surface area contributed by atoms with Crippen molar-refractivity contribution >= 4 is 32.7 Å². The van der Waals surface area contributed by atoms with Gasteiger partial charge in [0.25, 0.3) is 8.32 Å². The first kappa shape index (κ1) is 42.2. The third-order valence-electron chi connectivity index (χ3n) is 10.1. The summed E-state index contributed by atoms with van der Waals surface area (Å²) in [5.41, 5.74) is 6.52. The third kappa shape index (κ3) is 9.64. The van der Waals surface area contributed by atoms with Crippen molar-refractivity contribution in [2.75, 3.05) is 12.8 Å². The van der Waals surface area contributed by atoms with Crippen LogP contribution in [0.5, 0.6) is 0 Å². The lowest BCUT2D eigenvalue weighted by molar-refractivity contribution is -0.138. The Bertz CT molecular complexity index is 2350. The van der Waals surface area contributed by atoms with Crippen molar-refractivity contribution in [1.29, 1.82) is 0 Å². The Hall–Kier alpha value is -5.42. The van der Waals surface area contributed by atoms with Crippen LogP contribution in [-0.4, -0.2) is 43.2 Å². The minimum absolute atomic E-state index is 0.0359. The minimum atomic E-state index is -3.15. The van der Waals surface area contributed by atoms with Gasteiger partial charge in [-0.15, -0.1) is 0 Å². The fourth-order valence-corrected chi connectivity index (χ4v) is 13.3. The fourth-order valence-electron chi connectivity index (χ4n) is 7.52. The van der Waals surface area contributed by atoms with E-state index in [1.54, 1.807) is 12.1 Å². The number of halogens is 1. The topological polar surface area (TPSA) is 85.7 Å². The first-order valence-corrected chi connectivity index (χ1v) is 22.9. The fraction of sp³-hybridized carbons (Fsp3) is 0.224. The maximum Gasteiger partial charge on any atom is 0.305 e. The summed E-state index contributed by atoms with van der Waals surface area (Å²) in [5, 5.41) is 11.6. The number of hydrogen-bond acceptors (Lipinski definition) is 5. The summed E-state index contributed by atoms with van der Waals surface area (Å²) in [6.45, 7) is 10.3. The average Bonchev–Trinajstić information content (AvgIpc) is 3.22. The predicted molar refractivity (Wildman–Crippen MR) is 236 cm³/mol. The second-order valence-electron chi connectivity index (χ2n) is 15.5. The molecule has 1 heterocycles. The monoisotopic (exact) mass is 809 g/mol. The summed E-state index contributed by atoms with van der Waals surface area (Å²) in [6, 6.07) is 46.2. The van der Waals surface area contributed by atoms with Gasteiger partial charge < -0.3 is 14.1 Å². The zero-order valence-electron chi connectivity index (χ0n) is 33.5. The van der Waals surface area contributed by atoms with Crippen LogP contribution in [0.4, 0.5) is 4.39 Å². The van der Waals surface area contributed by atoms with Crippen molar-refractivity contribution in [3.8, 4) is 45.4 Å². The van der Waals surface area contributed by atoms with E-state index in [1.807, 2.05) is 121 Å². The molecule has 6 aromatic rings. The molecule has 0 spiro atoms. The number of rotatable bonds is 14. The third-order valence-corrected chi connectivity index (χ3v) is 16.4. The van der Waals surface area contributed by atoms with Crippen molar-refractivity contribution in [2.24, 2.45) is 0 Å². The molecule has 0 saturated heterocycles. The standard InChI is InChI=1S/C49H49FNO5PSi/c1-35(2)47-43(45(37-28-30-39(50)31-29-37)46(36-19-10-6-11-20-36)48(51-47)38-21-12-7-13-22-38)27-18-32-55-57(54)34-40(33-44(52)53)56-58(49(3,4)5,41-23-14-8-15-24-41)42-25-16-9-17-26-42/h6-17,19-26,28-31,35,40,57H,32-34H2,1-5H3,(H,52,53). The van der Waals surface area contributed by atoms with E-state index in [0.717, 1.165) is 49.6 Å². The van der Waals surface area contributed by atoms with Crippen LogP contribution in [0.15, 0.2) is 146 Å². The summed E-state index contributed by atoms with van der Waals surface area (Å²) >= 11 is 0. The number of benzene rings is 5. The van der Waals surface area contributed by atoms with Crippen LogP contribution < -0.4 is 10.4 Å². The molecule has 0 amide bonds. The molecule has 9 heteroatoms. The Morgan fingerprint density at radius 3 is 1.76 bits per heavy atom. The van der Waals surface area contributed by atoms with Gasteiger partial charge in [0.15, 0.2) is 8.03 Å². The maximum absolute atomic E-state index is 14.4. The molecular weight excluding hydrogens is 761 g/mol. The van der Waals surface area contributed by atoms with Gasteiger partial charge in [0, 0.05) is 22.9 Å². The van der Waals surface area contributed by atoms with Crippen LogP contribution >= 0.6 is 8.03 Å². The van der Waals surface area contributed by atoms with E-state index < -0.39 is 33.5 Å². The molecule has 6 rings (SSSR count).